The summed E-state index contributed by atoms with van der Waals surface area (Å²) in [6.07, 6.45) is -7.95. The molecular formula is C32H30F7NO2S. The molecule has 2 aliphatic rings. The van der Waals surface area contributed by atoms with Crippen LogP contribution in [0.2, 0.25) is 0 Å². The summed E-state index contributed by atoms with van der Waals surface area (Å²) in [5.74, 6) is 0.145. The molecule has 2 atom stereocenters. The highest BCUT2D eigenvalue weighted by molar-refractivity contribution is 8.14. The first kappa shape index (κ1) is 31.2. The second kappa shape index (κ2) is 11.4. The van der Waals surface area contributed by atoms with E-state index in [-0.39, 0.29) is 24.1 Å². The van der Waals surface area contributed by atoms with Gasteiger partial charge in [0, 0.05) is 24.2 Å². The van der Waals surface area contributed by atoms with Crippen LogP contribution >= 0.6 is 11.8 Å². The van der Waals surface area contributed by atoms with Crippen LogP contribution in [0.5, 0.6) is 5.75 Å². The van der Waals surface area contributed by atoms with Crippen LogP contribution in [0.15, 0.2) is 48.5 Å². The van der Waals surface area contributed by atoms with Gasteiger partial charge in [-0.2, -0.15) is 26.3 Å². The van der Waals surface area contributed by atoms with Crippen molar-refractivity contribution in [3.8, 4) is 16.9 Å². The average Bonchev–Trinajstić information content (AvgIpc) is 3.74. The highest BCUT2D eigenvalue weighted by atomic mass is 32.2. The molecule has 1 saturated carbocycles. The van der Waals surface area contributed by atoms with E-state index in [0.717, 1.165) is 24.0 Å². The van der Waals surface area contributed by atoms with E-state index in [1.165, 1.54) is 18.1 Å². The third-order valence-electron chi connectivity index (χ3n) is 8.08. The molecule has 1 amide bonds. The van der Waals surface area contributed by atoms with E-state index in [4.69, 9.17) is 4.74 Å². The zero-order valence-electron chi connectivity index (χ0n) is 23.9. The van der Waals surface area contributed by atoms with Gasteiger partial charge in [0.2, 0.25) is 0 Å². The lowest BCUT2D eigenvalue weighted by Gasteiger charge is -2.26. The molecule has 0 N–H and O–H groups in total. The van der Waals surface area contributed by atoms with Crippen LogP contribution < -0.4 is 4.74 Å². The van der Waals surface area contributed by atoms with E-state index in [9.17, 15) is 35.5 Å². The Balaban J connectivity index is 1.55. The van der Waals surface area contributed by atoms with Crippen LogP contribution in [-0.4, -0.2) is 23.3 Å². The number of carbonyl (C=O) groups excluding carboxylic acids is 1. The second-order valence-electron chi connectivity index (χ2n) is 11.4. The molecular weight excluding hydrogens is 595 g/mol. The summed E-state index contributed by atoms with van der Waals surface area (Å²) in [4.78, 5) is 14.8. The van der Waals surface area contributed by atoms with Crippen molar-refractivity contribution in [3.63, 3.8) is 0 Å². The van der Waals surface area contributed by atoms with Gasteiger partial charge in [0.15, 0.2) is 0 Å². The van der Waals surface area contributed by atoms with E-state index in [1.54, 1.807) is 13.0 Å². The third-order valence-corrected chi connectivity index (χ3v) is 9.44. The molecule has 2 fully saturated rings. The number of amides is 1. The summed E-state index contributed by atoms with van der Waals surface area (Å²) in [5.41, 5.74) is 0.560. The van der Waals surface area contributed by atoms with E-state index in [2.05, 4.69) is 0 Å². The van der Waals surface area contributed by atoms with Crippen molar-refractivity contribution in [2.24, 2.45) is 0 Å². The van der Waals surface area contributed by atoms with Gasteiger partial charge in [-0.05, 0) is 83.7 Å². The minimum absolute atomic E-state index is 0.0576. The minimum Gasteiger partial charge on any atom is -0.496 e. The van der Waals surface area contributed by atoms with Gasteiger partial charge in [-0.25, -0.2) is 4.39 Å². The smallest absolute Gasteiger partial charge is 0.416 e. The van der Waals surface area contributed by atoms with Crippen LogP contribution in [-0.2, 0) is 18.9 Å². The Morgan fingerprint density at radius 3 is 2.07 bits per heavy atom. The molecule has 230 valence electrons. The Hall–Kier alpha value is -3.21. The molecule has 0 bridgehead atoms. The maximum atomic E-state index is 14.8. The number of benzene rings is 3. The zero-order chi connectivity index (χ0) is 31.4. The SMILES string of the molecule is COc1cc(F)c(C(C)C)cc1-c1ccc(C2CC2)cc1CN1C(=O)SC(c2cc(C(F)(F)F)cc(C(F)(F)F)c2)C1C. The summed E-state index contributed by atoms with van der Waals surface area (Å²) < 4.78 is 102. The number of methoxy groups -OCH3 is 1. The number of alkyl halides is 6. The summed E-state index contributed by atoms with van der Waals surface area (Å²) in [6.45, 7) is 5.41. The molecule has 43 heavy (non-hydrogen) atoms. The Kier molecular flexibility index (Phi) is 8.26. The zero-order valence-corrected chi connectivity index (χ0v) is 24.7. The Labute approximate surface area is 249 Å². The number of rotatable bonds is 7. The number of hydrogen-bond donors (Lipinski definition) is 0. The van der Waals surface area contributed by atoms with E-state index in [1.807, 2.05) is 32.0 Å². The number of halogens is 7. The molecule has 2 unspecified atom stereocenters. The van der Waals surface area contributed by atoms with Gasteiger partial charge in [-0.1, -0.05) is 43.8 Å². The van der Waals surface area contributed by atoms with Crippen LogP contribution in [0.1, 0.15) is 84.1 Å². The monoisotopic (exact) mass is 625 g/mol. The highest BCUT2D eigenvalue weighted by Crippen LogP contribution is 2.48. The Morgan fingerprint density at radius 1 is 0.907 bits per heavy atom. The number of thioether (sulfide) groups is 1. The van der Waals surface area contributed by atoms with Crippen LogP contribution in [0.25, 0.3) is 11.1 Å². The van der Waals surface area contributed by atoms with E-state index < -0.39 is 45.8 Å². The van der Waals surface area contributed by atoms with Gasteiger partial charge in [-0.3, -0.25) is 4.79 Å². The first-order valence-corrected chi connectivity index (χ1v) is 14.7. The summed E-state index contributed by atoms with van der Waals surface area (Å²) in [7, 11) is 1.43. The predicted molar refractivity (Wildman–Crippen MR) is 152 cm³/mol. The molecule has 1 aliphatic carbocycles. The summed E-state index contributed by atoms with van der Waals surface area (Å²) in [5, 5.41) is -1.42. The van der Waals surface area contributed by atoms with Crippen molar-refractivity contribution in [1.82, 2.24) is 4.90 Å². The Bertz CT molecular complexity index is 1510. The lowest BCUT2D eigenvalue weighted by Crippen LogP contribution is -2.31. The standard InChI is InChI=1S/C32H30F7NO2S/c1-16(2)25-13-26(28(42-4)14-27(25)33)24-8-7-19(18-5-6-18)9-21(24)15-40-17(3)29(43-30(40)41)20-10-22(31(34,35)36)12-23(11-20)32(37,38)39/h7-14,16-18,29H,5-6,15H2,1-4H3. The van der Waals surface area contributed by atoms with Crippen LogP contribution in [0.4, 0.5) is 35.5 Å². The topological polar surface area (TPSA) is 29.5 Å². The fourth-order valence-electron chi connectivity index (χ4n) is 5.56. The molecule has 0 spiro atoms. The maximum Gasteiger partial charge on any atom is 0.416 e. The van der Waals surface area contributed by atoms with Crippen molar-refractivity contribution in [1.29, 1.82) is 0 Å². The van der Waals surface area contributed by atoms with Gasteiger partial charge in [-0.15, -0.1) is 0 Å². The van der Waals surface area contributed by atoms with Gasteiger partial charge in [0.1, 0.15) is 11.6 Å². The summed E-state index contributed by atoms with van der Waals surface area (Å²) >= 11 is 0.711. The van der Waals surface area contributed by atoms with Gasteiger partial charge >= 0.3 is 12.4 Å². The molecule has 3 aromatic rings. The fourth-order valence-corrected chi connectivity index (χ4v) is 6.76. The van der Waals surface area contributed by atoms with Gasteiger partial charge in [0.25, 0.3) is 5.24 Å². The lowest BCUT2D eigenvalue weighted by molar-refractivity contribution is -0.143. The van der Waals surface area contributed by atoms with Crippen LogP contribution in [0, 0.1) is 5.82 Å². The van der Waals surface area contributed by atoms with Gasteiger partial charge < -0.3 is 9.64 Å². The first-order chi connectivity index (χ1) is 20.1. The van der Waals surface area contributed by atoms with Crippen molar-refractivity contribution in [2.75, 3.05) is 7.11 Å². The molecule has 0 radical (unpaired) electrons. The number of nitrogens with zero attached hydrogens (tertiary/aromatic N) is 1. The number of hydrogen-bond acceptors (Lipinski definition) is 3. The van der Waals surface area contributed by atoms with Crippen molar-refractivity contribution in [3.05, 3.63) is 87.7 Å². The number of ether oxygens (including phenoxy) is 1. The third kappa shape index (κ3) is 6.37. The fraction of sp³-hybridized carbons (Fsp3) is 0.406. The molecule has 0 aromatic heterocycles. The largest absolute Gasteiger partial charge is 0.496 e. The molecule has 11 heteroatoms. The average molecular weight is 626 g/mol. The molecule has 3 nitrogen and oxygen atoms in total. The van der Waals surface area contributed by atoms with Crippen molar-refractivity contribution >= 4 is 17.0 Å². The highest BCUT2D eigenvalue weighted by Gasteiger charge is 2.43. The van der Waals surface area contributed by atoms with Gasteiger partial charge in [0.05, 0.1) is 23.5 Å². The first-order valence-electron chi connectivity index (χ1n) is 13.9. The maximum absolute atomic E-state index is 14.8. The normalized spacial score (nSPS) is 19.4. The molecule has 1 heterocycles. The van der Waals surface area contributed by atoms with E-state index >= 15 is 0 Å². The summed E-state index contributed by atoms with van der Waals surface area (Å²) in [6, 6.07) is 9.67. The predicted octanol–water partition coefficient (Wildman–Crippen LogP) is 10.3. The number of carbonyl (C=O) groups is 1. The van der Waals surface area contributed by atoms with E-state index in [0.29, 0.717) is 52.3 Å². The van der Waals surface area contributed by atoms with Crippen molar-refractivity contribution in [2.45, 2.75) is 75.6 Å². The second-order valence-corrected chi connectivity index (χ2v) is 12.5. The molecule has 1 aliphatic heterocycles. The quantitative estimate of drug-likeness (QED) is 0.245. The Morgan fingerprint density at radius 2 is 1.53 bits per heavy atom. The lowest BCUT2D eigenvalue weighted by atomic mass is 9.91. The molecule has 5 rings (SSSR count). The van der Waals surface area contributed by atoms with Crippen LogP contribution in [0.3, 0.4) is 0 Å². The molecule has 3 aromatic carbocycles. The molecule has 1 saturated heterocycles. The van der Waals surface area contributed by atoms with Crippen molar-refractivity contribution < 1.29 is 40.3 Å². The minimum atomic E-state index is -4.99.